The number of alkyl halides is 3. The number of amides is 2. The third kappa shape index (κ3) is 6.48. The summed E-state index contributed by atoms with van der Waals surface area (Å²) in [6, 6.07) is 4.98. The molecule has 13 heteroatoms. The minimum atomic E-state index is -4.55. The van der Waals surface area contributed by atoms with Crippen molar-refractivity contribution in [1.82, 2.24) is 9.97 Å². The van der Waals surface area contributed by atoms with Crippen molar-refractivity contribution < 1.29 is 22.8 Å². The number of carbonyl (C=O) groups excluding carboxylic acids is 2. The fraction of sp³-hybridized carbons (Fsp3) is 0.278. The maximum absolute atomic E-state index is 12.8. The lowest BCUT2D eigenvalue weighted by molar-refractivity contribution is -0.137. The van der Waals surface area contributed by atoms with E-state index in [0.29, 0.717) is 5.03 Å². The number of primary amides is 1. The van der Waals surface area contributed by atoms with E-state index in [1.807, 2.05) is 6.07 Å². The average molecular weight is 453 g/mol. The second-order valence-electron chi connectivity index (χ2n) is 6.19. The zero-order valence-corrected chi connectivity index (χ0v) is 17.0. The molecule has 0 aliphatic carbocycles. The van der Waals surface area contributed by atoms with E-state index in [1.165, 1.54) is 12.1 Å². The van der Waals surface area contributed by atoms with Crippen LogP contribution in [0.1, 0.15) is 24.0 Å². The molecule has 1 aromatic heterocycles. The quantitative estimate of drug-likeness (QED) is 0.350. The summed E-state index contributed by atoms with van der Waals surface area (Å²) in [7, 11) is 0. The normalized spacial score (nSPS) is 12.0. The van der Waals surface area contributed by atoms with Gasteiger partial charge in [-0.05, 0) is 30.9 Å². The minimum Gasteiger partial charge on any atom is -0.368 e. The first-order valence-electron chi connectivity index (χ1n) is 8.69. The van der Waals surface area contributed by atoms with Crippen LogP contribution in [0.3, 0.4) is 0 Å². The summed E-state index contributed by atoms with van der Waals surface area (Å²) in [5.41, 5.74) is 10.1. The number of nitrogens with zero attached hydrogens (tertiary/aromatic N) is 3. The van der Waals surface area contributed by atoms with E-state index in [9.17, 15) is 28.0 Å². The number of nitrogen functional groups attached to an aromatic ring is 1. The molecule has 0 aliphatic rings. The molecule has 0 fully saturated rings. The lowest BCUT2D eigenvalue weighted by Crippen LogP contribution is -2.37. The van der Waals surface area contributed by atoms with E-state index >= 15 is 0 Å². The number of hydrogen-bond donors (Lipinski definition) is 4. The molecule has 9 nitrogen and oxygen atoms in total. The van der Waals surface area contributed by atoms with E-state index in [2.05, 4.69) is 20.6 Å². The highest BCUT2D eigenvalue weighted by molar-refractivity contribution is 7.98. The molecular weight excluding hydrogens is 435 g/mol. The number of nitrogens with one attached hydrogen (secondary N) is 2. The first-order valence-corrected chi connectivity index (χ1v) is 9.92. The van der Waals surface area contributed by atoms with E-state index in [0.717, 1.165) is 23.9 Å². The second-order valence-corrected chi connectivity index (χ2v) is 6.99. The predicted octanol–water partition coefficient (Wildman–Crippen LogP) is 2.36. The third-order valence-electron chi connectivity index (χ3n) is 3.99. The number of halogens is 3. The van der Waals surface area contributed by atoms with Gasteiger partial charge >= 0.3 is 6.18 Å². The summed E-state index contributed by atoms with van der Waals surface area (Å²) in [4.78, 5) is 31.8. The van der Waals surface area contributed by atoms with Crippen LogP contribution in [-0.2, 0) is 15.8 Å². The summed E-state index contributed by atoms with van der Waals surface area (Å²) in [5, 5.41) is 14.7. The Bertz CT molecular complexity index is 1020. The zero-order valence-electron chi connectivity index (χ0n) is 16.2. The van der Waals surface area contributed by atoms with Gasteiger partial charge in [-0.3, -0.25) is 9.59 Å². The van der Waals surface area contributed by atoms with Gasteiger partial charge in [0.15, 0.2) is 5.82 Å². The number of nitrogens with two attached hydrogens (primary N) is 2. The fourth-order valence-electron chi connectivity index (χ4n) is 2.53. The summed E-state index contributed by atoms with van der Waals surface area (Å²) >= 11 is 1.15. The molecule has 2 aromatic rings. The molecule has 0 saturated heterocycles. The van der Waals surface area contributed by atoms with Crippen LogP contribution in [0.15, 0.2) is 29.3 Å². The maximum Gasteiger partial charge on any atom is 0.416 e. The van der Waals surface area contributed by atoms with Crippen molar-refractivity contribution in [2.45, 2.75) is 30.1 Å². The van der Waals surface area contributed by atoms with Gasteiger partial charge in [-0.15, -0.1) is 11.8 Å². The largest absolute Gasteiger partial charge is 0.416 e. The molecular formula is C18H18F3N7O2S. The number of nitriles is 1. The standard InChI is InChI=1S/C18H18F3N7O2S/c1-31-16-11(8-22)15(27-17(24)28-16)26-12(14(23)30)5-6-13(29)25-10-4-2-3-9(7-10)18(19,20)21/h2-4,7,12H,5-6H2,1H3,(H2,23,30)(H,25,29)(H3,24,26,27,28)/t12-/m0/s1. The fourth-order valence-corrected chi connectivity index (χ4v) is 3.06. The number of benzene rings is 1. The van der Waals surface area contributed by atoms with Gasteiger partial charge in [0.05, 0.1) is 5.56 Å². The summed E-state index contributed by atoms with van der Waals surface area (Å²) < 4.78 is 38.3. The monoisotopic (exact) mass is 453 g/mol. The SMILES string of the molecule is CSc1nc(N)nc(N[C@@H](CCC(=O)Nc2cccc(C(F)(F)F)c2)C(N)=O)c1C#N. The molecule has 1 aromatic carbocycles. The highest BCUT2D eigenvalue weighted by Crippen LogP contribution is 2.30. The molecule has 2 rings (SSSR count). The molecule has 6 N–H and O–H groups in total. The Morgan fingerprint density at radius 3 is 2.61 bits per heavy atom. The van der Waals surface area contributed by atoms with Crippen molar-refractivity contribution >= 4 is 41.0 Å². The molecule has 31 heavy (non-hydrogen) atoms. The zero-order chi connectivity index (χ0) is 23.2. The van der Waals surface area contributed by atoms with Crippen molar-refractivity contribution in [2.75, 3.05) is 22.6 Å². The number of rotatable bonds is 8. The molecule has 2 amide bonds. The van der Waals surface area contributed by atoms with Crippen molar-refractivity contribution in [1.29, 1.82) is 5.26 Å². The Balaban J connectivity index is 2.09. The number of hydrogen-bond acceptors (Lipinski definition) is 8. The molecule has 0 saturated carbocycles. The highest BCUT2D eigenvalue weighted by atomic mass is 32.2. The van der Waals surface area contributed by atoms with Gasteiger partial charge in [0.25, 0.3) is 0 Å². The van der Waals surface area contributed by atoms with Gasteiger partial charge in [0.1, 0.15) is 22.7 Å². The Labute approximate surface area is 179 Å². The van der Waals surface area contributed by atoms with Crippen LogP contribution in [0.4, 0.5) is 30.6 Å². The Morgan fingerprint density at radius 1 is 1.32 bits per heavy atom. The smallest absolute Gasteiger partial charge is 0.368 e. The lowest BCUT2D eigenvalue weighted by Gasteiger charge is -2.17. The third-order valence-corrected chi connectivity index (χ3v) is 4.67. The van der Waals surface area contributed by atoms with E-state index < -0.39 is 29.6 Å². The van der Waals surface area contributed by atoms with E-state index in [-0.39, 0.29) is 35.9 Å². The average Bonchev–Trinajstić information content (AvgIpc) is 2.69. The first-order chi connectivity index (χ1) is 14.5. The molecule has 0 unspecified atom stereocenters. The van der Waals surface area contributed by atoms with Crippen LogP contribution in [0.5, 0.6) is 0 Å². The van der Waals surface area contributed by atoms with Crippen LogP contribution >= 0.6 is 11.8 Å². The van der Waals surface area contributed by atoms with Crippen molar-refractivity contribution in [3.63, 3.8) is 0 Å². The van der Waals surface area contributed by atoms with Crippen LogP contribution in [0.25, 0.3) is 0 Å². The van der Waals surface area contributed by atoms with E-state index in [4.69, 9.17) is 11.5 Å². The molecule has 0 aliphatic heterocycles. The molecule has 1 heterocycles. The Morgan fingerprint density at radius 2 is 2.03 bits per heavy atom. The van der Waals surface area contributed by atoms with Gasteiger partial charge in [0, 0.05) is 12.1 Å². The maximum atomic E-state index is 12.8. The van der Waals surface area contributed by atoms with E-state index in [1.54, 1.807) is 6.26 Å². The van der Waals surface area contributed by atoms with Gasteiger partial charge in [-0.25, -0.2) is 4.98 Å². The van der Waals surface area contributed by atoms with Crippen LogP contribution in [0.2, 0.25) is 0 Å². The van der Waals surface area contributed by atoms with Gasteiger partial charge in [-0.2, -0.15) is 23.4 Å². The van der Waals surface area contributed by atoms with Gasteiger partial charge in [-0.1, -0.05) is 6.07 Å². The van der Waals surface area contributed by atoms with Crippen molar-refractivity contribution in [3.8, 4) is 6.07 Å². The highest BCUT2D eigenvalue weighted by Gasteiger charge is 2.30. The lowest BCUT2D eigenvalue weighted by atomic mass is 10.1. The van der Waals surface area contributed by atoms with Crippen LogP contribution in [-0.4, -0.2) is 34.1 Å². The van der Waals surface area contributed by atoms with Crippen molar-refractivity contribution in [3.05, 3.63) is 35.4 Å². The summed E-state index contributed by atoms with van der Waals surface area (Å²) in [6.45, 7) is 0. The molecule has 0 spiro atoms. The molecule has 1 atom stereocenters. The topological polar surface area (TPSA) is 160 Å². The molecule has 0 bridgehead atoms. The minimum absolute atomic E-state index is 0.0126. The van der Waals surface area contributed by atoms with Crippen LogP contribution in [0, 0.1) is 11.3 Å². The Kier molecular flexibility index (Phi) is 7.65. The van der Waals surface area contributed by atoms with Gasteiger partial charge < -0.3 is 22.1 Å². The number of aromatic nitrogens is 2. The predicted molar refractivity (Wildman–Crippen MR) is 109 cm³/mol. The summed E-state index contributed by atoms with van der Waals surface area (Å²) in [6.07, 6.45) is -3.22. The van der Waals surface area contributed by atoms with Gasteiger partial charge in [0.2, 0.25) is 17.8 Å². The number of anilines is 3. The number of carbonyl (C=O) groups is 2. The Hall–Kier alpha value is -3.53. The second kappa shape index (κ2) is 9.98. The first kappa shape index (κ1) is 23.7. The summed E-state index contributed by atoms with van der Waals surface area (Å²) in [5.74, 6) is -1.59. The van der Waals surface area contributed by atoms with Crippen molar-refractivity contribution in [2.24, 2.45) is 5.73 Å². The molecule has 0 radical (unpaired) electrons. The molecule has 164 valence electrons. The number of thioether (sulfide) groups is 1. The van der Waals surface area contributed by atoms with Crippen LogP contribution < -0.4 is 22.1 Å².